The maximum absolute atomic E-state index is 12.3. The standard InChI is InChI=1S/C21H17N3O3S3/c1-27-15-8-6-13(7-9-15)17(25)12-29-21-22-14(11-28-21)10-19(26)24-20-23-16-4-2-3-5-18(16)30-20/h2-9,11H,10,12H2,1H3,(H,23,24,26). The van der Waals surface area contributed by atoms with Crippen molar-refractivity contribution in [1.82, 2.24) is 9.97 Å². The Balaban J connectivity index is 1.29. The van der Waals surface area contributed by atoms with Gasteiger partial charge in [0.2, 0.25) is 5.91 Å². The fourth-order valence-corrected chi connectivity index (χ4v) is 5.30. The average molecular weight is 456 g/mol. The number of aromatic nitrogens is 2. The lowest BCUT2D eigenvalue weighted by Gasteiger charge is -2.02. The first-order valence-corrected chi connectivity index (χ1v) is 11.7. The van der Waals surface area contributed by atoms with E-state index in [0.717, 1.165) is 14.6 Å². The van der Waals surface area contributed by atoms with E-state index in [1.165, 1.54) is 34.4 Å². The van der Waals surface area contributed by atoms with Crippen LogP contribution in [0.3, 0.4) is 0 Å². The van der Waals surface area contributed by atoms with Gasteiger partial charge in [0.05, 0.1) is 35.2 Å². The van der Waals surface area contributed by atoms with Crippen LogP contribution in [0.25, 0.3) is 10.2 Å². The zero-order valence-electron chi connectivity index (χ0n) is 16.0. The molecular formula is C21H17N3O3S3. The number of Topliss-reactive ketones (excluding diaryl/α,β-unsaturated/α-hetero) is 1. The molecule has 0 bridgehead atoms. The van der Waals surface area contributed by atoms with Gasteiger partial charge in [0, 0.05) is 10.9 Å². The first-order valence-electron chi connectivity index (χ1n) is 9.00. The highest BCUT2D eigenvalue weighted by molar-refractivity contribution is 8.01. The highest BCUT2D eigenvalue weighted by atomic mass is 32.2. The Morgan fingerprint density at radius 2 is 1.90 bits per heavy atom. The van der Waals surface area contributed by atoms with Crippen molar-refractivity contribution in [2.24, 2.45) is 0 Å². The van der Waals surface area contributed by atoms with Crippen molar-refractivity contribution >= 4 is 61.5 Å². The number of fused-ring (bicyclic) bond motifs is 1. The van der Waals surface area contributed by atoms with E-state index in [-0.39, 0.29) is 23.9 Å². The lowest BCUT2D eigenvalue weighted by molar-refractivity contribution is -0.115. The van der Waals surface area contributed by atoms with Crippen LogP contribution in [0.1, 0.15) is 16.1 Å². The highest BCUT2D eigenvalue weighted by Crippen LogP contribution is 2.26. The molecule has 30 heavy (non-hydrogen) atoms. The number of nitrogens with one attached hydrogen (secondary N) is 1. The quantitative estimate of drug-likeness (QED) is 0.300. The van der Waals surface area contributed by atoms with Crippen molar-refractivity contribution in [2.75, 3.05) is 18.2 Å². The molecule has 2 aromatic carbocycles. The maximum Gasteiger partial charge on any atom is 0.232 e. The van der Waals surface area contributed by atoms with Crippen LogP contribution >= 0.6 is 34.4 Å². The molecule has 0 saturated heterocycles. The smallest absolute Gasteiger partial charge is 0.232 e. The number of carbonyl (C=O) groups excluding carboxylic acids is 2. The van der Waals surface area contributed by atoms with Crippen molar-refractivity contribution in [1.29, 1.82) is 0 Å². The number of thioether (sulfide) groups is 1. The van der Waals surface area contributed by atoms with E-state index >= 15 is 0 Å². The zero-order chi connectivity index (χ0) is 20.9. The van der Waals surface area contributed by atoms with Crippen LogP contribution in [0.5, 0.6) is 5.75 Å². The number of hydrogen-bond donors (Lipinski definition) is 1. The van der Waals surface area contributed by atoms with Crippen LogP contribution in [0.2, 0.25) is 0 Å². The van der Waals surface area contributed by atoms with Gasteiger partial charge in [-0.3, -0.25) is 9.59 Å². The normalized spacial score (nSPS) is 10.8. The summed E-state index contributed by atoms with van der Waals surface area (Å²) in [6.45, 7) is 0. The minimum Gasteiger partial charge on any atom is -0.497 e. The number of hydrogen-bond acceptors (Lipinski definition) is 8. The fraction of sp³-hybridized carbons (Fsp3) is 0.143. The van der Waals surface area contributed by atoms with Crippen molar-refractivity contribution in [3.63, 3.8) is 0 Å². The summed E-state index contributed by atoms with van der Waals surface area (Å²) in [5.41, 5.74) is 2.18. The zero-order valence-corrected chi connectivity index (χ0v) is 18.4. The van der Waals surface area contributed by atoms with Gasteiger partial charge < -0.3 is 10.1 Å². The molecule has 0 atom stereocenters. The predicted molar refractivity (Wildman–Crippen MR) is 122 cm³/mol. The Morgan fingerprint density at radius 3 is 2.67 bits per heavy atom. The summed E-state index contributed by atoms with van der Waals surface area (Å²) < 4.78 is 6.90. The first kappa shape index (κ1) is 20.5. The molecule has 4 rings (SSSR count). The maximum atomic E-state index is 12.3. The minimum absolute atomic E-state index is 0.0213. The minimum atomic E-state index is -0.162. The molecular weight excluding hydrogens is 438 g/mol. The van der Waals surface area contributed by atoms with E-state index in [2.05, 4.69) is 15.3 Å². The summed E-state index contributed by atoms with van der Waals surface area (Å²) in [5, 5.41) is 5.26. The average Bonchev–Trinajstić information content (AvgIpc) is 3.37. The van der Waals surface area contributed by atoms with Crippen LogP contribution < -0.4 is 10.1 Å². The fourth-order valence-electron chi connectivity index (χ4n) is 2.68. The molecule has 9 heteroatoms. The Morgan fingerprint density at radius 1 is 1.10 bits per heavy atom. The van der Waals surface area contributed by atoms with Gasteiger partial charge in [0.1, 0.15) is 5.75 Å². The molecule has 0 unspecified atom stereocenters. The summed E-state index contributed by atoms with van der Waals surface area (Å²) in [6.07, 6.45) is 0.166. The van der Waals surface area contributed by atoms with Gasteiger partial charge in [-0.2, -0.15) is 0 Å². The summed E-state index contributed by atoms with van der Waals surface area (Å²) in [5.74, 6) is 0.864. The molecule has 0 aliphatic heterocycles. The van der Waals surface area contributed by atoms with Crippen LogP contribution in [0.15, 0.2) is 58.3 Å². The van der Waals surface area contributed by atoms with Gasteiger partial charge in [-0.25, -0.2) is 9.97 Å². The summed E-state index contributed by atoms with van der Waals surface area (Å²) in [4.78, 5) is 33.5. The molecule has 0 saturated carbocycles. The third-order valence-corrected chi connectivity index (χ3v) is 7.17. The Kier molecular flexibility index (Phi) is 6.41. The number of rotatable bonds is 8. The molecule has 2 heterocycles. The largest absolute Gasteiger partial charge is 0.497 e. The van der Waals surface area contributed by atoms with Crippen LogP contribution in [-0.2, 0) is 11.2 Å². The Hall–Kier alpha value is -2.75. The topological polar surface area (TPSA) is 81.2 Å². The van der Waals surface area contributed by atoms with Gasteiger partial charge >= 0.3 is 0 Å². The molecule has 0 spiro atoms. The van der Waals surface area contributed by atoms with Gasteiger partial charge in [-0.1, -0.05) is 35.2 Å². The van der Waals surface area contributed by atoms with Gasteiger partial charge in [0.15, 0.2) is 15.3 Å². The highest BCUT2D eigenvalue weighted by Gasteiger charge is 2.13. The second-order valence-corrected chi connectivity index (χ2v) is 9.37. The number of thiazole rings is 2. The second kappa shape index (κ2) is 9.38. The molecule has 1 amide bonds. The van der Waals surface area contributed by atoms with Crippen molar-refractivity contribution < 1.29 is 14.3 Å². The number of carbonyl (C=O) groups is 2. The van der Waals surface area contributed by atoms with Gasteiger partial charge in [-0.15, -0.1) is 11.3 Å². The first-order chi connectivity index (χ1) is 14.6. The number of nitrogens with zero attached hydrogens (tertiary/aromatic N) is 2. The van der Waals surface area contributed by atoms with E-state index in [9.17, 15) is 9.59 Å². The third kappa shape index (κ3) is 5.05. The molecule has 0 radical (unpaired) electrons. The van der Waals surface area contributed by atoms with Crippen molar-refractivity contribution in [3.8, 4) is 5.75 Å². The summed E-state index contributed by atoms with van der Waals surface area (Å²) in [6, 6.07) is 14.8. The Labute approximate surface area is 185 Å². The number of para-hydroxylation sites is 1. The Bertz CT molecular complexity index is 1150. The second-order valence-electron chi connectivity index (χ2n) is 6.26. The summed E-state index contributed by atoms with van der Waals surface area (Å²) >= 11 is 4.25. The van der Waals surface area contributed by atoms with E-state index in [1.54, 1.807) is 31.4 Å². The number of ketones is 1. The van der Waals surface area contributed by atoms with Gasteiger partial charge in [-0.05, 0) is 36.4 Å². The molecule has 152 valence electrons. The monoisotopic (exact) mass is 455 g/mol. The number of anilines is 1. The lowest BCUT2D eigenvalue weighted by atomic mass is 10.1. The van der Waals surface area contributed by atoms with Gasteiger partial charge in [0.25, 0.3) is 0 Å². The summed E-state index contributed by atoms with van der Waals surface area (Å²) in [7, 11) is 1.59. The molecule has 0 fully saturated rings. The molecule has 1 N–H and O–H groups in total. The van der Waals surface area contributed by atoms with E-state index in [4.69, 9.17) is 4.74 Å². The molecule has 0 aliphatic rings. The van der Waals surface area contributed by atoms with Crippen molar-refractivity contribution in [2.45, 2.75) is 10.8 Å². The van der Waals surface area contributed by atoms with E-state index in [0.29, 0.717) is 22.1 Å². The predicted octanol–water partition coefficient (Wildman–Crippen LogP) is 4.92. The molecule has 6 nitrogen and oxygen atoms in total. The van der Waals surface area contributed by atoms with Crippen molar-refractivity contribution in [3.05, 3.63) is 65.2 Å². The number of ether oxygens (including phenoxy) is 1. The van der Waals surface area contributed by atoms with Crippen LogP contribution in [0, 0.1) is 0 Å². The number of amides is 1. The van der Waals surface area contributed by atoms with E-state index in [1.807, 2.05) is 29.6 Å². The molecule has 0 aliphatic carbocycles. The SMILES string of the molecule is COc1ccc(C(=O)CSc2nc(CC(=O)Nc3nc4ccccc4s3)cs2)cc1. The third-order valence-electron chi connectivity index (χ3n) is 4.15. The lowest BCUT2D eigenvalue weighted by Crippen LogP contribution is -2.14. The molecule has 2 aromatic heterocycles. The molecule has 4 aromatic rings. The van der Waals surface area contributed by atoms with Crippen LogP contribution in [0.4, 0.5) is 5.13 Å². The van der Waals surface area contributed by atoms with E-state index < -0.39 is 0 Å². The number of methoxy groups -OCH3 is 1. The number of benzene rings is 2. The van der Waals surface area contributed by atoms with Crippen LogP contribution in [-0.4, -0.2) is 34.5 Å².